The molecule has 16 heteroatoms. The molecule has 1 amide bonds. The first-order chi connectivity index (χ1) is 31.4. The molecule has 0 heterocycles. The normalized spacial score (nSPS) is 23.9. The minimum atomic E-state index is -1.01. The van der Waals surface area contributed by atoms with Crippen LogP contribution >= 0.6 is 11.8 Å². The zero-order valence-corrected chi connectivity index (χ0v) is 42.3. The SMILES string of the molecule is CC1CCC(CC(=O)OCC(C)(COC=O)COC(=O)CCN(CCC(=O)OCC(C)(COC(=O)CC2CCC(C)CC2)COC(=O)CC2CCC(C)CC2)C(=O)SCCCN(C)C)CC1. The Morgan fingerprint density at radius 3 is 1.18 bits per heavy atom. The summed E-state index contributed by atoms with van der Waals surface area (Å²) in [6, 6.07) is 0. The Labute approximate surface area is 399 Å². The number of rotatable bonds is 29. The summed E-state index contributed by atoms with van der Waals surface area (Å²) >= 11 is 1.10. The summed E-state index contributed by atoms with van der Waals surface area (Å²) in [7, 11) is 3.89. The largest absolute Gasteiger partial charge is 0.467 e. The summed E-state index contributed by atoms with van der Waals surface area (Å²) < 4.78 is 33.4. The molecule has 3 aliphatic carbocycles. The van der Waals surface area contributed by atoms with E-state index in [0.717, 1.165) is 102 Å². The molecule has 0 aromatic rings. The lowest BCUT2D eigenvalue weighted by Gasteiger charge is -2.30. The summed E-state index contributed by atoms with van der Waals surface area (Å²) in [5.41, 5.74) is -2.01. The van der Waals surface area contributed by atoms with Crippen molar-refractivity contribution in [3.8, 4) is 0 Å². The van der Waals surface area contributed by atoms with Gasteiger partial charge >= 0.3 is 29.8 Å². The van der Waals surface area contributed by atoms with Crippen molar-refractivity contribution >= 4 is 53.3 Å². The van der Waals surface area contributed by atoms with Gasteiger partial charge in [-0.1, -0.05) is 71.1 Å². The first-order valence-corrected chi connectivity index (χ1v) is 25.7. The highest BCUT2D eigenvalue weighted by Crippen LogP contribution is 2.33. The Bertz CT molecular complexity index is 1460. The number of hydrogen-bond donors (Lipinski definition) is 0. The third-order valence-corrected chi connectivity index (χ3v) is 14.6. The molecule has 3 rings (SSSR count). The van der Waals surface area contributed by atoms with E-state index in [9.17, 15) is 33.6 Å². The van der Waals surface area contributed by atoms with Gasteiger partial charge < -0.3 is 38.2 Å². The first kappa shape index (κ1) is 56.9. The summed E-state index contributed by atoms with van der Waals surface area (Å²) in [5.74, 6) is 1.09. The van der Waals surface area contributed by atoms with E-state index in [0.29, 0.717) is 42.8 Å². The predicted octanol–water partition coefficient (Wildman–Crippen LogP) is 8.42. The van der Waals surface area contributed by atoms with E-state index in [4.69, 9.17) is 28.4 Å². The van der Waals surface area contributed by atoms with Gasteiger partial charge in [-0.3, -0.25) is 33.6 Å². The lowest BCUT2D eigenvalue weighted by Crippen LogP contribution is -2.38. The maximum absolute atomic E-state index is 13.5. The second-order valence-electron chi connectivity index (χ2n) is 21.1. The molecule has 3 saturated carbocycles. The van der Waals surface area contributed by atoms with Crippen molar-refractivity contribution in [1.82, 2.24) is 9.80 Å². The minimum Gasteiger partial charge on any atom is -0.467 e. The monoisotopic (exact) mass is 953 g/mol. The van der Waals surface area contributed by atoms with Crippen molar-refractivity contribution in [3.05, 3.63) is 0 Å². The van der Waals surface area contributed by atoms with Gasteiger partial charge in [0.25, 0.3) is 11.7 Å². The number of hydrogen-bond acceptors (Lipinski definition) is 15. The number of ether oxygens (including phenoxy) is 6. The van der Waals surface area contributed by atoms with Crippen LogP contribution in [-0.2, 0) is 57.2 Å². The third-order valence-electron chi connectivity index (χ3n) is 13.6. The van der Waals surface area contributed by atoms with Gasteiger partial charge in [0, 0.05) is 38.1 Å². The molecular formula is C50H84N2O13S. The van der Waals surface area contributed by atoms with E-state index in [-0.39, 0.29) is 113 Å². The highest BCUT2D eigenvalue weighted by molar-refractivity contribution is 8.13. The number of esters is 5. The summed E-state index contributed by atoms with van der Waals surface area (Å²) in [6.07, 6.45) is 13.7. The average Bonchev–Trinajstić information content (AvgIpc) is 3.28. The molecule has 3 fully saturated rings. The zero-order chi connectivity index (χ0) is 48.5. The fraction of sp³-hybridized carbons (Fsp3) is 0.860. The van der Waals surface area contributed by atoms with Crippen LogP contribution in [0.4, 0.5) is 4.79 Å². The number of carbonyl (C=O) groups excluding carboxylic acids is 7. The van der Waals surface area contributed by atoms with Crippen LogP contribution in [0.25, 0.3) is 0 Å². The molecule has 0 radical (unpaired) electrons. The van der Waals surface area contributed by atoms with Crippen LogP contribution < -0.4 is 0 Å². The number of carbonyl (C=O) groups is 7. The predicted molar refractivity (Wildman–Crippen MR) is 252 cm³/mol. The molecule has 0 aromatic heterocycles. The maximum Gasteiger partial charge on any atom is 0.307 e. The third kappa shape index (κ3) is 24.1. The summed E-state index contributed by atoms with van der Waals surface area (Å²) in [5, 5.41) is -0.304. The van der Waals surface area contributed by atoms with Gasteiger partial charge in [-0.2, -0.15) is 0 Å². The second kappa shape index (κ2) is 30.2. The summed E-state index contributed by atoms with van der Waals surface area (Å²) in [6.45, 7) is 10.3. The van der Waals surface area contributed by atoms with Gasteiger partial charge in [0.2, 0.25) is 0 Å². The van der Waals surface area contributed by atoms with Crippen LogP contribution in [0.5, 0.6) is 0 Å². The molecule has 0 spiro atoms. The molecule has 0 bridgehead atoms. The molecule has 0 aromatic carbocycles. The quantitative estimate of drug-likeness (QED) is 0.0301. The molecule has 378 valence electrons. The molecule has 0 aliphatic heterocycles. The Kier molecular flexibility index (Phi) is 26.0. The lowest BCUT2D eigenvalue weighted by molar-refractivity contribution is -0.162. The molecule has 1 atom stereocenters. The van der Waals surface area contributed by atoms with E-state index in [2.05, 4.69) is 20.8 Å². The maximum atomic E-state index is 13.5. The van der Waals surface area contributed by atoms with Crippen LogP contribution in [-0.4, -0.2) is 130 Å². The van der Waals surface area contributed by atoms with E-state index >= 15 is 0 Å². The highest BCUT2D eigenvalue weighted by atomic mass is 32.2. The molecule has 3 aliphatic rings. The van der Waals surface area contributed by atoms with Gasteiger partial charge in [0.1, 0.15) is 39.6 Å². The number of thioether (sulfide) groups is 1. The van der Waals surface area contributed by atoms with Crippen LogP contribution in [0.1, 0.15) is 150 Å². The average molecular weight is 953 g/mol. The fourth-order valence-electron chi connectivity index (χ4n) is 8.77. The standard InChI is InChI=1S/C50H84N2O13S/c1-37-9-15-40(16-10-37)27-45(56)63-32-49(4,30-60-36-53)31-61-43(54)21-24-52(48(59)66-26-8-23-51(6)7)25-22-44(55)62-33-50(5,34-64-46(57)28-41-17-11-38(2)12-18-41)35-65-47(58)29-42-19-13-39(3)14-20-42/h36-42H,8-35H2,1-7H3. The Hall–Kier alpha value is -3.40. The van der Waals surface area contributed by atoms with Gasteiger partial charge in [-0.25, -0.2) is 0 Å². The smallest absolute Gasteiger partial charge is 0.307 e. The molecular weight excluding hydrogens is 869 g/mol. The first-order valence-electron chi connectivity index (χ1n) is 24.8. The van der Waals surface area contributed by atoms with Gasteiger partial charge in [0.15, 0.2) is 0 Å². The van der Waals surface area contributed by atoms with Crippen LogP contribution in [0.2, 0.25) is 0 Å². The van der Waals surface area contributed by atoms with Crippen LogP contribution in [0.3, 0.4) is 0 Å². The minimum absolute atomic E-state index is 0.0347. The molecule has 0 N–H and O–H groups in total. The van der Waals surface area contributed by atoms with E-state index in [1.54, 1.807) is 13.8 Å². The van der Waals surface area contributed by atoms with E-state index in [1.165, 1.54) is 4.90 Å². The molecule has 0 saturated heterocycles. The van der Waals surface area contributed by atoms with E-state index < -0.39 is 22.8 Å². The number of nitrogens with zero attached hydrogens (tertiary/aromatic N) is 2. The Morgan fingerprint density at radius 2 is 0.848 bits per heavy atom. The lowest BCUT2D eigenvalue weighted by atomic mass is 9.81. The van der Waals surface area contributed by atoms with Crippen molar-refractivity contribution in [3.63, 3.8) is 0 Å². The van der Waals surface area contributed by atoms with Crippen molar-refractivity contribution in [2.75, 3.05) is 79.1 Å². The van der Waals surface area contributed by atoms with Gasteiger partial charge in [-0.15, -0.1) is 0 Å². The fourth-order valence-corrected chi connectivity index (χ4v) is 9.58. The van der Waals surface area contributed by atoms with Gasteiger partial charge in [0.05, 0.1) is 23.7 Å². The Balaban J connectivity index is 1.57. The number of amides is 1. The molecule has 66 heavy (non-hydrogen) atoms. The highest BCUT2D eigenvalue weighted by Gasteiger charge is 2.34. The molecule has 1 unspecified atom stereocenters. The summed E-state index contributed by atoms with van der Waals surface area (Å²) in [4.78, 5) is 93.1. The Morgan fingerprint density at radius 1 is 0.515 bits per heavy atom. The van der Waals surface area contributed by atoms with Crippen LogP contribution in [0, 0.1) is 46.3 Å². The molecule has 15 nitrogen and oxygen atoms in total. The van der Waals surface area contributed by atoms with Crippen molar-refractivity contribution < 1.29 is 62.0 Å². The van der Waals surface area contributed by atoms with Crippen molar-refractivity contribution in [2.45, 2.75) is 150 Å². The van der Waals surface area contributed by atoms with Crippen molar-refractivity contribution in [2.24, 2.45) is 46.3 Å². The topological polar surface area (TPSA) is 181 Å². The van der Waals surface area contributed by atoms with Crippen LogP contribution in [0.15, 0.2) is 0 Å². The van der Waals surface area contributed by atoms with E-state index in [1.807, 2.05) is 19.0 Å². The van der Waals surface area contributed by atoms with Gasteiger partial charge in [-0.05, 0) is 115 Å². The zero-order valence-electron chi connectivity index (χ0n) is 41.5. The second-order valence-corrected chi connectivity index (χ2v) is 22.1. The van der Waals surface area contributed by atoms with Crippen molar-refractivity contribution in [1.29, 1.82) is 0 Å².